The van der Waals surface area contributed by atoms with E-state index in [0.29, 0.717) is 24.6 Å². The van der Waals surface area contributed by atoms with E-state index in [-0.39, 0.29) is 6.42 Å². The topological polar surface area (TPSA) is 99.7 Å². The lowest BCUT2D eigenvalue weighted by Crippen LogP contribution is -2.42. The van der Waals surface area contributed by atoms with E-state index in [4.69, 9.17) is 4.74 Å². The van der Waals surface area contributed by atoms with E-state index < -0.39 is 17.7 Å². The Morgan fingerprint density at radius 1 is 0.771 bits per heavy atom. The summed E-state index contributed by atoms with van der Waals surface area (Å²) in [4.78, 5) is 25.1. The second-order valence-electron chi connectivity index (χ2n) is 8.04. The van der Waals surface area contributed by atoms with Crippen molar-refractivity contribution in [3.8, 4) is 11.5 Å². The molecule has 0 radical (unpaired) electrons. The van der Waals surface area contributed by atoms with Gasteiger partial charge in [0, 0.05) is 24.2 Å². The van der Waals surface area contributed by atoms with Crippen LogP contribution in [-0.2, 0) is 16.0 Å². The molecule has 7 nitrogen and oxygen atoms in total. The number of anilines is 1. The van der Waals surface area contributed by atoms with Crippen LogP contribution in [0.2, 0.25) is 0 Å². The summed E-state index contributed by atoms with van der Waals surface area (Å²) in [6.45, 7) is 0.794. The number of hydroxylamine groups is 1. The van der Waals surface area contributed by atoms with Crippen molar-refractivity contribution in [1.29, 1.82) is 0 Å². The molecule has 4 N–H and O–H groups in total. The van der Waals surface area contributed by atoms with E-state index in [9.17, 15) is 14.8 Å². The Bertz CT molecular complexity index is 1290. The van der Waals surface area contributed by atoms with Crippen molar-refractivity contribution in [3.63, 3.8) is 0 Å². The fourth-order valence-electron chi connectivity index (χ4n) is 3.86. The molecule has 2 amide bonds. The quantitative estimate of drug-likeness (QED) is 0.118. The number of fused-ring (bicyclic) bond motifs is 1. The molecule has 35 heavy (non-hydrogen) atoms. The van der Waals surface area contributed by atoms with Gasteiger partial charge in [-0.15, -0.1) is 0 Å². The van der Waals surface area contributed by atoms with Crippen molar-refractivity contribution in [2.45, 2.75) is 6.42 Å². The first-order chi connectivity index (χ1) is 17.1. The highest BCUT2D eigenvalue weighted by molar-refractivity contribution is 6.00. The molecule has 0 fully saturated rings. The molecule has 1 unspecified atom stereocenters. The predicted molar refractivity (Wildman–Crippen MR) is 136 cm³/mol. The molecule has 4 aromatic rings. The Balaban J connectivity index is 1.35. The van der Waals surface area contributed by atoms with Gasteiger partial charge in [-0.2, -0.15) is 0 Å². The first kappa shape index (κ1) is 23.8. The molecule has 7 heteroatoms. The van der Waals surface area contributed by atoms with Crippen molar-refractivity contribution in [2.75, 3.05) is 18.4 Å². The highest BCUT2D eigenvalue weighted by Gasteiger charge is 2.26. The standard InChI is InChI=1S/C28H27N3O4/c32-27(30-17-16-29-26-15-7-10-21-9-4-5-14-24(21)26)25(28(33)31-34)19-20-8-6-13-23(18-20)35-22-11-2-1-3-12-22/h1-15,18,25,29,34H,16-17,19H2,(H,30,32)(H,31,33). The summed E-state index contributed by atoms with van der Waals surface area (Å²) in [6, 6.07) is 30.6. The third kappa shape index (κ3) is 6.37. The molecule has 0 spiro atoms. The van der Waals surface area contributed by atoms with E-state index in [1.165, 1.54) is 0 Å². The van der Waals surface area contributed by atoms with Crippen molar-refractivity contribution in [1.82, 2.24) is 10.8 Å². The summed E-state index contributed by atoms with van der Waals surface area (Å²) in [5.41, 5.74) is 3.31. The average Bonchev–Trinajstić information content (AvgIpc) is 2.90. The zero-order chi connectivity index (χ0) is 24.5. The maximum Gasteiger partial charge on any atom is 0.256 e. The Hall–Kier alpha value is -4.36. The molecule has 0 saturated heterocycles. The zero-order valence-corrected chi connectivity index (χ0v) is 19.1. The van der Waals surface area contributed by atoms with E-state index in [1.54, 1.807) is 23.7 Å². The van der Waals surface area contributed by atoms with Crippen LogP contribution in [0.3, 0.4) is 0 Å². The van der Waals surface area contributed by atoms with E-state index in [0.717, 1.165) is 22.0 Å². The summed E-state index contributed by atoms with van der Waals surface area (Å²) >= 11 is 0. The van der Waals surface area contributed by atoms with E-state index in [1.807, 2.05) is 78.9 Å². The normalized spacial score (nSPS) is 11.5. The summed E-state index contributed by atoms with van der Waals surface area (Å²) in [5, 5.41) is 17.5. The number of ether oxygens (including phenoxy) is 1. The van der Waals surface area contributed by atoms with Crippen LogP contribution in [0.1, 0.15) is 5.56 Å². The monoisotopic (exact) mass is 469 g/mol. The van der Waals surface area contributed by atoms with Gasteiger partial charge in [0.1, 0.15) is 17.4 Å². The van der Waals surface area contributed by atoms with E-state index in [2.05, 4.69) is 10.6 Å². The summed E-state index contributed by atoms with van der Waals surface area (Å²) in [5.74, 6) is -1.05. The number of benzene rings is 4. The minimum absolute atomic E-state index is 0.112. The zero-order valence-electron chi connectivity index (χ0n) is 19.1. The fraction of sp³-hybridized carbons (Fsp3) is 0.143. The molecule has 0 saturated carbocycles. The van der Waals surface area contributed by atoms with Gasteiger partial charge in [0.15, 0.2) is 0 Å². The smallest absolute Gasteiger partial charge is 0.256 e. The van der Waals surface area contributed by atoms with Gasteiger partial charge in [-0.05, 0) is 47.7 Å². The molecule has 0 aromatic heterocycles. The molecule has 0 aliphatic heterocycles. The molecule has 4 aromatic carbocycles. The number of rotatable bonds is 10. The predicted octanol–water partition coefficient (Wildman–Crippen LogP) is 4.52. The van der Waals surface area contributed by atoms with Crippen LogP contribution in [-0.4, -0.2) is 30.1 Å². The van der Waals surface area contributed by atoms with Crippen LogP contribution < -0.4 is 20.9 Å². The van der Waals surface area contributed by atoms with Gasteiger partial charge < -0.3 is 15.4 Å². The van der Waals surface area contributed by atoms with Gasteiger partial charge >= 0.3 is 0 Å². The van der Waals surface area contributed by atoms with Crippen molar-refractivity contribution in [3.05, 3.63) is 103 Å². The minimum Gasteiger partial charge on any atom is -0.457 e. The van der Waals surface area contributed by atoms with Crippen LogP contribution in [0, 0.1) is 5.92 Å². The summed E-state index contributed by atoms with van der Waals surface area (Å²) in [7, 11) is 0. The molecule has 0 aliphatic carbocycles. The number of carbonyl (C=O) groups excluding carboxylic acids is 2. The number of hydrogen-bond acceptors (Lipinski definition) is 5. The average molecular weight is 470 g/mol. The van der Waals surface area contributed by atoms with Gasteiger partial charge in [-0.3, -0.25) is 14.8 Å². The summed E-state index contributed by atoms with van der Waals surface area (Å²) < 4.78 is 5.84. The Morgan fingerprint density at radius 2 is 1.49 bits per heavy atom. The Labute approximate surface area is 203 Å². The Morgan fingerprint density at radius 3 is 2.31 bits per heavy atom. The maximum absolute atomic E-state index is 12.8. The first-order valence-electron chi connectivity index (χ1n) is 11.4. The van der Waals surface area contributed by atoms with Crippen LogP contribution in [0.5, 0.6) is 11.5 Å². The molecule has 1 atom stereocenters. The second kappa shape index (κ2) is 11.7. The SMILES string of the molecule is O=C(NO)C(Cc1cccc(Oc2ccccc2)c1)C(=O)NCCNc1cccc2ccccc12. The van der Waals surface area contributed by atoms with Crippen LogP contribution in [0.4, 0.5) is 5.69 Å². The van der Waals surface area contributed by atoms with Crippen LogP contribution in [0.15, 0.2) is 97.1 Å². The van der Waals surface area contributed by atoms with Crippen molar-refractivity contribution in [2.24, 2.45) is 5.92 Å². The third-order valence-electron chi connectivity index (χ3n) is 5.59. The molecular formula is C28H27N3O4. The van der Waals surface area contributed by atoms with Gasteiger partial charge in [0.05, 0.1) is 0 Å². The lowest BCUT2D eigenvalue weighted by Gasteiger charge is -2.16. The first-order valence-corrected chi connectivity index (χ1v) is 11.4. The molecule has 4 rings (SSSR count). The van der Waals surface area contributed by atoms with Crippen LogP contribution in [0.25, 0.3) is 10.8 Å². The number of carbonyl (C=O) groups is 2. The van der Waals surface area contributed by atoms with Gasteiger partial charge in [0.2, 0.25) is 5.91 Å². The van der Waals surface area contributed by atoms with Crippen molar-refractivity contribution >= 4 is 28.3 Å². The lowest BCUT2D eigenvalue weighted by molar-refractivity contribution is -0.140. The molecule has 178 valence electrons. The molecule has 0 aliphatic rings. The number of amides is 2. The maximum atomic E-state index is 12.8. The fourth-order valence-corrected chi connectivity index (χ4v) is 3.86. The van der Waals surface area contributed by atoms with Crippen LogP contribution >= 0.6 is 0 Å². The highest BCUT2D eigenvalue weighted by atomic mass is 16.5. The lowest BCUT2D eigenvalue weighted by atomic mass is 9.97. The van der Waals surface area contributed by atoms with Gasteiger partial charge in [-0.1, -0.05) is 66.7 Å². The van der Waals surface area contributed by atoms with E-state index >= 15 is 0 Å². The number of hydrogen-bond donors (Lipinski definition) is 4. The third-order valence-corrected chi connectivity index (χ3v) is 5.59. The largest absolute Gasteiger partial charge is 0.457 e. The second-order valence-corrected chi connectivity index (χ2v) is 8.04. The Kier molecular flexibility index (Phi) is 7.93. The summed E-state index contributed by atoms with van der Waals surface area (Å²) in [6.07, 6.45) is 0.112. The minimum atomic E-state index is -1.09. The number of nitrogens with one attached hydrogen (secondary N) is 3. The molecular weight excluding hydrogens is 442 g/mol. The number of para-hydroxylation sites is 1. The van der Waals surface area contributed by atoms with Gasteiger partial charge in [-0.25, -0.2) is 5.48 Å². The van der Waals surface area contributed by atoms with Crippen molar-refractivity contribution < 1.29 is 19.5 Å². The molecule has 0 bridgehead atoms. The molecule has 0 heterocycles. The van der Waals surface area contributed by atoms with Gasteiger partial charge in [0.25, 0.3) is 5.91 Å². The highest BCUT2D eigenvalue weighted by Crippen LogP contribution is 2.24.